The largest absolute Gasteiger partial charge is 0.311 e. The Hall–Kier alpha value is -8.72. The first-order valence-electron chi connectivity index (χ1n) is 22.7. The standard InChI is InChI=1S/C64H44N2/c1-4-15-45(16-5-1)48-29-36-54(37-30-48)65(55-38-31-49(32-39-55)46-17-6-2-7-18-46)56-40-33-50(34-41-56)58-26-13-21-51-22-14-27-59(64(51)58)53-35-42-61-60-25-10-11-28-62(60)66(63(61)44-53)57-24-12-23-52(43-57)47-19-8-3-9-20-47/h1-44H. The predicted molar refractivity (Wildman–Crippen MR) is 280 cm³/mol. The van der Waals surface area contributed by atoms with Gasteiger partial charge in [-0.25, -0.2) is 0 Å². The smallest absolute Gasteiger partial charge is 0.0547 e. The first kappa shape index (κ1) is 38.9. The van der Waals surface area contributed by atoms with Crippen LogP contribution in [-0.2, 0) is 0 Å². The molecule has 0 atom stereocenters. The van der Waals surface area contributed by atoms with Crippen molar-refractivity contribution >= 4 is 49.6 Å². The van der Waals surface area contributed by atoms with Gasteiger partial charge in [0.25, 0.3) is 0 Å². The second kappa shape index (κ2) is 16.8. The van der Waals surface area contributed by atoms with Crippen LogP contribution in [0.2, 0.25) is 0 Å². The van der Waals surface area contributed by atoms with Crippen LogP contribution in [0.4, 0.5) is 17.1 Å². The van der Waals surface area contributed by atoms with Crippen LogP contribution in [0.5, 0.6) is 0 Å². The van der Waals surface area contributed by atoms with Crippen LogP contribution in [-0.4, -0.2) is 4.57 Å². The molecule has 66 heavy (non-hydrogen) atoms. The Morgan fingerprint density at radius 1 is 0.258 bits per heavy atom. The van der Waals surface area contributed by atoms with E-state index in [0.29, 0.717) is 0 Å². The average Bonchev–Trinajstić information content (AvgIpc) is 3.73. The van der Waals surface area contributed by atoms with E-state index in [2.05, 4.69) is 276 Å². The van der Waals surface area contributed by atoms with E-state index in [4.69, 9.17) is 0 Å². The lowest BCUT2D eigenvalue weighted by atomic mass is 9.91. The number of nitrogens with zero attached hydrogens (tertiary/aromatic N) is 2. The second-order valence-corrected chi connectivity index (χ2v) is 16.9. The Kier molecular flexibility index (Phi) is 9.89. The van der Waals surface area contributed by atoms with Crippen molar-refractivity contribution in [2.75, 3.05) is 4.90 Å². The molecule has 0 aliphatic carbocycles. The van der Waals surface area contributed by atoms with Gasteiger partial charge >= 0.3 is 0 Å². The topological polar surface area (TPSA) is 8.17 Å². The summed E-state index contributed by atoms with van der Waals surface area (Å²) in [7, 11) is 0. The number of anilines is 3. The highest BCUT2D eigenvalue weighted by atomic mass is 15.1. The number of rotatable bonds is 9. The van der Waals surface area contributed by atoms with E-state index in [9.17, 15) is 0 Å². The first-order valence-corrected chi connectivity index (χ1v) is 22.7. The number of para-hydroxylation sites is 1. The summed E-state index contributed by atoms with van der Waals surface area (Å²) in [6.07, 6.45) is 0. The molecule has 0 amide bonds. The fourth-order valence-electron chi connectivity index (χ4n) is 9.80. The lowest BCUT2D eigenvalue weighted by Crippen LogP contribution is -2.09. The number of aromatic nitrogens is 1. The molecular formula is C64H44N2. The van der Waals surface area contributed by atoms with Crippen LogP contribution >= 0.6 is 0 Å². The molecule has 11 aromatic carbocycles. The van der Waals surface area contributed by atoms with Crippen molar-refractivity contribution in [2.24, 2.45) is 0 Å². The minimum Gasteiger partial charge on any atom is -0.311 e. The van der Waals surface area contributed by atoms with Crippen LogP contribution in [0.25, 0.3) is 93.9 Å². The maximum atomic E-state index is 2.43. The van der Waals surface area contributed by atoms with Crippen LogP contribution in [0.15, 0.2) is 267 Å². The molecule has 0 aliphatic heterocycles. The van der Waals surface area contributed by atoms with Gasteiger partial charge in [-0.15, -0.1) is 0 Å². The number of hydrogen-bond donors (Lipinski definition) is 0. The van der Waals surface area contributed by atoms with Crippen molar-refractivity contribution in [3.8, 4) is 61.3 Å². The molecule has 0 saturated carbocycles. The predicted octanol–water partition coefficient (Wildman–Crippen LogP) is 17.7. The molecule has 0 aliphatic rings. The van der Waals surface area contributed by atoms with Gasteiger partial charge in [-0.3, -0.25) is 0 Å². The zero-order valence-corrected chi connectivity index (χ0v) is 36.3. The lowest BCUT2D eigenvalue weighted by Gasteiger charge is -2.26. The summed E-state index contributed by atoms with van der Waals surface area (Å²) < 4.78 is 2.43. The van der Waals surface area contributed by atoms with Gasteiger partial charge in [0.15, 0.2) is 0 Å². The Bertz CT molecular complexity index is 3560. The maximum absolute atomic E-state index is 2.43. The summed E-state index contributed by atoms with van der Waals surface area (Å²) in [5.74, 6) is 0. The fourth-order valence-corrected chi connectivity index (χ4v) is 9.80. The summed E-state index contributed by atoms with van der Waals surface area (Å²) in [6, 6.07) is 96.8. The van der Waals surface area contributed by atoms with E-state index in [1.54, 1.807) is 0 Å². The molecule has 0 bridgehead atoms. The molecule has 0 N–H and O–H groups in total. The van der Waals surface area contributed by atoms with E-state index in [1.165, 1.54) is 88.2 Å². The summed E-state index contributed by atoms with van der Waals surface area (Å²) >= 11 is 0. The van der Waals surface area contributed by atoms with Gasteiger partial charge in [0, 0.05) is 33.5 Å². The van der Waals surface area contributed by atoms with Crippen LogP contribution in [0.3, 0.4) is 0 Å². The highest BCUT2D eigenvalue weighted by Crippen LogP contribution is 2.42. The number of fused-ring (bicyclic) bond motifs is 4. The Labute approximate surface area is 385 Å². The van der Waals surface area contributed by atoms with Gasteiger partial charge < -0.3 is 9.47 Å². The summed E-state index contributed by atoms with van der Waals surface area (Å²) in [5, 5.41) is 4.94. The highest BCUT2D eigenvalue weighted by Gasteiger charge is 2.18. The summed E-state index contributed by atoms with van der Waals surface area (Å²) in [6.45, 7) is 0. The molecule has 12 rings (SSSR count). The lowest BCUT2D eigenvalue weighted by molar-refractivity contribution is 1.18. The van der Waals surface area contributed by atoms with Crippen molar-refractivity contribution in [3.05, 3.63) is 267 Å². The molecule has 0 spiro atoms. The average molecular weight is 841 g/mol. The molecule has 0 fully saturated rings. The van der Waals surface area contributed by atoms with Gasteiger partial charge in [0.05, 0.1) is 11.0 Å². The van der Waals surface area contributed by atoms with E-state index < -0.39 is 0 Å². The second-order valence-electron chi connectivity index (χ2n) is 16.9. The van der Waals surface area contributed by atoms with Crippen LogP contribution in [0.1, 0.15) is 0 Å². The minimum atomic E-state index is 1.09. The fraction of sp³-hybridized carbons (Fsp3) is 0. The number of hydrogen-bond acceptors (Lipinski definition) is 1. The molecule has 0 unspecified atom stereocenters. The molecule has 1 aromatic heterocycles. The Balaban J connectivity index is 0.953. The van der Waals surface area contributed by atoms with E-state index in [0.717, 1.165) is 22.7 Å². The van der Waals surface area contributed by atoms with Crippen molar-refractivity contribution in [1.82, 2.24) is 4.57 Å². The maximum Gasteiger partial charge on any atom is 0.0547 e. The Morgan fingerprint density at radius 2 is 0.682 bits per heavy atom. The molecule has 12 aromatic rings. The molecule has 0 radical (unpaired) electrons. The van der Waals surface area contributed by atoms with Gasteiger partial charge in [-0.2, -0.15) is 0 Å². The monoisotopic (exact) mass is 840 g/mol. The molecule has 1 heterocycles. The summed E-state index contributed by atoms with van der Waals surface area (Å²) in [4.78, 5) is 2.35. The summed E-state index contributed by atoms with van der Waals surface area (Å²) in [5.41, 5.74) is 18.8. The van der Waals surface area contributed by atoms with Crippen molar-refractivity contribution in [2.45, 2.75) is 0 Å². The normalized spacial score (nSPS) is 11.3. The first-order chi connectivity index (χ1) is 32.7. The van der Waals surface area contributed by atoms with Crippen molar-refractivity contribution < 1.29 is 0 Å². The number of benzene rings is 11. The van der Waals surface area contributed by atoms with E-state index in [-0.39, 0.29) is 0 Å². The van der Waals surface area contributed by atoms with Crippen molar-refractivity contribution in [3.63, 3.8) is 0 Å². The molecular weight excluding hydrogens is 797 g/mol. The highest BCUT2D eigenvalue weighted by molar-refractivity contribution is 6.12. The van der Waals surface area contributed by atoms with Crippen LogP contribution in [0, 0.1) is 0 Å². The van der Waals surface area contributed by atoms with Crippen molar-refractivity contribution in [1.29, 1.82) is 0 Å². The minimum absolute atomic E-state index is 1.09. The van der Waals surface area contributed by atoms with Gasteiger partial charge in [0.2, 0.25) is 0 Å². The molecule has 2 heteroatoms. The van der Waals surface area contributed by atoms with Crippen LogP contribution < -0.4 is 4.90 Å². The third-order valence-electron chi connectivity index (χ3n) is 13.0. The third kappa shape index (κ3) is 7.12. The zero-order chi connectivity index (χ0) is 43.8. The van der Waals surface area contributed by atoms with E-state index >= 15 is 0 Å². The SMILES string of the molecule is c1ccc(-c2ccc(N(c3ccc(-c4ccccc4)cc3)c3ccc(-c4cccc5cccc(-c6ccc7c8ccccc8n(-c8cccc(-c9ccccc9)c8)c7c6)c45)cc3)cc2)cc1. The third-order valence-corrected chi connectivity index (χ3v) is 13.0. The van der Waals surface area contributed by atoms with E-state index in [1.807, 2.05) is 0 Å². The quantitative estimate of drug-likeness (QED) is 0.141. The molecule has 2 nitrogen and oxygen atoms in total. The Morgan fingerprint density at radius 3 is 1.26 bits per heavy atom. The zero-order valence-electron chi connectivity index (χ0n) is 36.3. The molecule has 310 valence electrons. The molecule has 0 saturated heterocycles. The van der Waals surface area contributed by atoms with Gasteiger partial charge in [-0.1, -0.05) is 206 Å². The van der Waals surface area contributed by atoms with Gasteiger partial charge in [-0.05, 0) is 127 Å². The van der Waals surface area contributed by atoms with Gasteiger partial charge in [0.1, 0.15) is 0 Å².